The van der Waals surface area contributed by atoms with Gasteiger partial charge in [0.1, 0.15) is 5.41 Å². The number of hydrogen-bond acceptors (Lipinski definition) is 3. The summed E-state index contributed by atoms with van der Waals surface area (Å²) in [5.41, 5.74) is 0.143. The van der Waals surface area contributed by atoms with Crippen LogP contribution in [0.5, 0.6) is 0 Å². The molecule has 2 amide bonds. The first-order chi connectivity index (χ1) is 10.9. The standard InChI is InChI=1S/C18H27N3O2/c1-18(2,17(23)21-12-5-4-6-13-21)16(22)20(3)14-9-15-7-10-19-11-8-15/h7-8,10-11H,4-6,9,12-14H2,1-3H3. The number of hydrogen-bond donors (Lipinski definition) is 0. The first kappa shape index (κ1) is 17.4. The predicted octanol–water partition coefficient (Wildman–Crippen LogP) is 2.12. The van der Waals surface area contributed by atoms with Crippen LogP contribution in [-0.4, -0.2) is 53.3 Å². The van der Waals surface area contributed by atoms with Crippen LogP contribution < -0.4 is 0 Å². The predicted molar refractivity (Wildman–Crippen MR) is 89.8 cm³/mol. The Labute approximate surface area is 138 Å². The molecule has 1 aromatic heterocycles. The van der Waals surface area contributed by atoms with Crippen molar-refractivity contribution >= 4 is 11.8 Å². The molecule has 0 atom stereocenters. The van der Waals surface area contributed by atoms with E-state index < -0.39 is 5.41 Å². The Bertz CT molecular complexity index is 536. The number of rotatable bonds is 5. The molecular weight excluding hydrogens is 290 g/mol. The number of piperidine rings is 1. The molecule has 2 heterocycles. The number of amides is 2. The van der Waals surface area contributed by atoms with Gasteiger partial charge in [-0.25, -0.2) is 0 Å². The molecule has 5 heteroatoms. The van der Waals surface area contributed by atoms with Crippen LogP contribution in [0.15, 0.2) is 24.5 Å². The topological polar surface area (TPSA) is 53.5 Å². The molecule has 1 aliphatic rings. The van der Waals surface area contributed by atoms with E-state index in [-0.39, 0.29) is 11.8 Å². The fourth-order valence-electron chi connectivity index (χ4n) is 3.01. The fraction of sp³-hybridized carbons (Fsp3) is 0.611. The quantitative estimate of drug-likeness (QED) is 0.782. The zero-order valence-corrected chi connectivity index (χ0v) is 14.4. The van der Waals surface area contributed by atoms with E-state index in [1.54, 1.807) is 38.2 Å². The molecular formula is C18H27N3O2. The Morgan fingerprint density at radius 1 is 1.17 bits per heavy atom. The minimum atomic E-state index is -0.996. The summed E-state index contributed by atoms with van der Waals surface area (Å²) in [6, 6.07) is 3.89. The molecule has 126 valence electrons. The largest absolute Gasteiger partial charge is 0.345 e. The van der Waals surface area contributed by atoms with Crippen molar-refractivity contribution in [1.29, 1.82) is 0 Å². The van der Waals surface area contributed by atoms with Crippen LogP contribution in [0.2, 0.25) is 0 Å². The van der Waals surface area contributed by atoms with Gasteiger partial charge in [-0.1, -0.05) is 0 Å². The maximum atomic E-state index is 12.7. The summed E-state index contributed by atoms with van der Waals surface area (Å²) in [6.07, 6.45) is 7.51. The monoisotopic (exact) mass is 317 g/mol. The Kier molecular flexibility index (Phi) is 5.74. The highest BCUT2D eigenvalue weighted by Crippen LogP contribution is 2.24. The van der Waals surface area contributed by atoms with E-state index >= 15 is 0 Å². The van der Waals surface area contributed by atoms with E-state index in [4.69, 9.17) is 0 Å². The molecule has 0 aromatic carbocycles. The summed E-state index contributed by atoms with van der Waals surface area (Å²) in [4.78, 5) is 33.0. The summed E-state index contributed by atoms with van der Waals surface area (Å²) < 4.78 is 0. The second-order valence-corrected chi connectivity index (χ2v) is 6.81. The zero-order chi connectivity index (χ0) is 16.9. The van der Waals surface area contributed by atoms with Crippen LogP contribution in [0.25, 0.3) is 0 Å². The van der Waals surface area contributed by atoms with Gasteiger partial charge < -0.3 is 9.80 Å². The van der Waals surface area contributed by atoms with Gasteiger partial charge in [-0.2, -0.15) is 0 Å². The van der Waals surface area contributed by atoms with Crippen molar-refractivity contribution in [3.63, 3.8) is 0 Å². The second-order valence-electron chi connectivity index (χ2n) is 6.81. The lowest BCUT2D eigenvalue weighted by Crippen LogP contribution is -2.51. The molecule has 0 unspecified atom stereocenters. The van der Waals surface area contributed by atoms with Crippen LogP contribution >= 0.6 is 0 Å². The number of likely N-dealkylation sites (N-methyl/N-ethyl adjacent to an activating group) is 1. The molecule has 2 rings (SSSR count). The summed E-state index contributed by atoms with van der Waals surface area (Å²) in [7, 11) is 1.77. The zero-order valence-electron chi connectivity index (χ0n) is 14.4. The molecule has 1 saturated heterocycles. The van der Waals surface area contributed by atoms with E-state index in [0.717, 1.165) is 37.9 Å². The molecule has 23 heavy (non-hydrogen) atoms. The summed E-state index contributed by atoms with van der Waals surface area (Å²) in [6.45, 7) is 5.64. The van der Waals surface area contributed by atoms with Gasteiger partial charge in [-0.3, -0.25) is 14.6 Å². The first-order valence-corrected chi connectivity index (χ1v) is 8.37. The van der Waals surface area contributed by atoms with Crippen molar-refractivity contribution in [3.05, 3.63) is 30.1 Å². The highest BCUT2D eigenvalue weighted by molar-refractivity contribution is 6.04. The Balaban J connectivity index is 1.94. The van der Waals surface area contributed by atoms with E-state index in [2.05, 4.69) is 4.98 Å². The van der Waals surface area contributed by atoms with Crippen LogP contribution in [0.1, 0.15) is 38.7 Å². The third-order valence-corrected chi connectivity index (χ3v) is 4.54. The molecule has 0 aliphatic carbocycles. The lowest BCUT2D eigenvalue weighted by atomic mass is 9.88. The number of carbonyl (C=O) groups is 2. The lowest BCUT2D eigenvalue weighted by Gasteiger charge is -2.35. The SMILES string of the molecule is CN(CCc1ccncc1)C(=O)C(C)(C)C(=O)N1CCCCC1. The normalized spacial score (nSPS) is 15.3. The van der Waals surface area contributed by atoms with Gasteiger partial charge in [-0.05, 0) is 57.2 Å². The van der Waals surface area contributed by atoms with E-state index in [1.807, 2.05) is 17.0 Å². The number of likely N-dealkylation sites (tertiary alicyclic amines) is 1. The fourth-order valence-corrected chi connectivity index (χ4v) is 3.01. The van der Waals surface area contributed by atoms with E-state index in [0.29, 0.717) is 6.54 Å². The second kappa shape index (κ2) is 7.57. The molecule has 1 aromatic rings. The van der Waals surface area contributed by atoms with Gasteiger partial charge in [0.2, 0.25) is 11.8 Å². The molecule has 0 bridgehead atoms. The molecule has 0 saturated carbocycles. The van der Waals surface area contributed by atoms with Gasteiger partial charge in [-0.15, -0.1) is 0 Å². The highest BCUT2D eigenvalue weighted by atomic mass is 16.2. The summed E-state index contributed by atoms with van der Waals surface area (Å²) in [5.74, 6) is -0.153. The third-order valence-electron chi connectivity index (χ3n) is 4.54. The van der Waals surface area contributed by atoms with Gasteiger partial charge in [0.15, 0.2) is 0 Å². The number of pyridine rings is 1. The molecule has 1 fully saturated rings. The number of nitrogens with zero attached hydrogens (tertiary/aromatic N) is 3. The summed E-state index contributed by atoms with van der Waals surface area (Å²) >= 11 is 0. The Morgan fingerprint density at radius 2 is 1.78 bits per heavy atom. The van der Waals surface area contributed by atoms with Crippen molar-refractivity contribution in [1.82, 2.24) is 14.8 Å². The smallest absolute Gasteiger partial charge is 0.237 e. The average molecular weight is 317 g/mol. The van der Waals surface area contributed by atoms with Crippen molar-refractivity contribution < 1.29 is 9.59 Å². The van der Waals surface area contributed by atoms with Crippen molar-refractivity contribution in [2.24, 2.45) is 5.41 Å². The van der Waals surface area contributed by atoms with E-state index in [1.165, 1.54) is 6.42 Å². The molecule has 0 radical (unpaired) electrons. The molecule has 0 N–H and O–H groups in total. The third kappa shape index (κ3) is 4.30. The highest BCUT2D eigenvalue weighted by Gasteiger charge is 2.40. The minimum Gasteiger partial charge on any atom is -0.345 e. The van der Waals surface area contributed by atoms with Crippen LogP contribution in [0.3, 0.4) is 0 Å². The van der Waals surface area contributed by atoms with Gasteiger partial charge in [0.05, 0.1) is 0 Å². The van der Waals surface area contributed by atoms with Gasteiger partial charge in [0, 0.05) is 39.1 Å². The van der Waals surface area contributed by atoms with Crippen molar-refractivity contribution in [2.75, 3.05) is 26.7 Å². The van der Waals surface area contributed by atoms with Crippen molar-refractivity contribution in [2.45, 2.75) is 39.5 Å². The molecule has 5 nitrogen and oxygen atoms in total. The Morgan fingerprint density at radius 3 is 2.39 bits per heavy atom. The Hall–Kier alpha value is -1.91. The molecule has 0 spiro atoms. The molecule has 1 aliphatic heterocycles. The number of carbonyl (C=O) groups excluding carboxylic acids is 2. The van der Waals surface area contributed by atoms with Crippen LogP contribution in [-0.2, 0) is 16.0 Å². The van der Waals surface area contributed by atoms with Crippen LogP contribution in [0, 0.1) is 5.41 Å². The maximum absolute atomic E-state index is 12.7. The minimum absolute atomic E-state index is 0.0436. The van der Waals surface area contributed by atoms with Crippen molar-refractivity contribution in [3.8, 4) is 0 Å². The van der Waals surface area contributed by atoms with Crippen LogP contribution in [0.4, 0.5) is 0 Å². The first-order valence-electron chi connectivity index (χ1n) is 8.37. The lowest BCUT2D eigenvalue weighted by molar-refractivity contribution is -0.153. The van der Waals surface area contributed by atoms with E-state index in [9.17, 15) is 9.59 Å². The average Bonchev–Trinajstić information content (AvgIpc) is 2.59. The number of aromatic nitrogens is 1. The van der Waals surface area contributed by atoms with Gasteiger partial charge >= 0.3 is 0 Å². The van der Waals surface area contributed by atoms with Gasteiger partial charge in [0.25, 0.3) is 0 Å². The maximum Gasteiger partial charge on any atom is 0.237 e. The summed E-state index contributed by atoms with van der Waals surface area (Å²) in [5, 5.41) is 0.